The van der Waals surface area contributed by atoms with Crippen LogP contribution in [0.15, 0.2) is 30.3 Å². The molecule has 0 saturated heterocycles. The zero-order chi connectivity index (χ0) is 15.9. The Bertz CT molecular complexity index is 709. The average molecular weight is 297 g/mol. The second kappa shape index (κ2) is 5.27. The van der Waals surface area contributed by atoms with Gasteiger partial charge in [-0.2, -0.15) is 5.10 Å². The molecule has 22 heavy (non-hydrogen) atoms. The van der Waals surface area contributed by atoms with E-state index in [1.807, 2.05) is 40.8 Å². The van der Waals surface area contributed by atoms with Gasteiger partial charge in [-0.25, -0.2) is 0 Å². The molecule has 0 saturated carbocycles. The SMILES string of the molecule is Cc1cc(C(=O)N2CCCc3ccccc32)nn1C(C)(C)C. The van der Waals surface area contributed by atoms with Crippen LogP contribution < -0.4 is 4.90 Å². The van der Waals surface area contributed by atoms with Gasteiger partial charge in [0.05, 0.1) is 5.54 Å². The summed E-state index contributed by atoms with van der Waals surface area (Å²) < 4.78 is 1.93. The van der Waals surface area contributed by atoms with Crippen molar-refractivity contribution in [1.82, 2.24) is 9.78 Å². The van der Waals surface area contributed by atoms with Crippen molar-refractivity contribution in [3.63, 3.8) is 0 Å². The predicted octanol–water partition coefficient (Wildman–Crippen LogP) is 3.54. The van der Waals surface area contributed by atoms with Gasteiger partial charge in [-0.3, -0.25) is 9.48 Å². The van der Waals surface area contributed by atoms with Gasteiger partial charge in [-0.15, -0.1) is 0 Å². The maximum absolute atomic E-state index is 12.9. The van der Waals surface area contributed by atoms with Crippen molar-refractivity contribution in [2.45, 2.75) is 46.1 Å². The maximum Gasteiger partial charge on any atom is 0.278 e. The third-order valence-electron chi connectivity index (χ3n) is 4.10. The van der Waals surface area contributed by atoms with Gasteiger partial charge in [-0.05, 0) is 58.2 Å². The lowest BCUT2D eigenvalue weighted by atomic mass is 10.0. The minimum Gasteiger partial charge on any atom is -0.307 e. The number of hydrogen-bond donors (Lipinski definition) is 0. The molecule has 1 aromatic heterocycles. The molecule has 0 fully saturated rings. The molecule has 0 N–H and O–H groups in total. The van der Waals surface area contributed by atoms with Crippen molar-refractivity contribution < 1.29 is 4.79 Å². The summed E-state index contributed by atoms with van der Waals surface area (Å²) in [5.41, 5.74) is 3.70. The van der Waals surface area contributed by atoms with Crippen LogP contribution in [0.3, 0.4) is 0 Å². The highest BCUT2D eigenvalue weighted by molar-refractivity contribution is 6.05. The Morgan fingerprint density at radius 1 is 1.23 bits per heavy atom. The summed E-state index contributed by atoms with van der Waals surface area (Å²) in [4.78, 5) is 14.8. The fourth-order valence-electron chi connectivity index (χ4n) is 3.14. The quantitative estimate of drug-likeness (QED) is 0.807. The fourth-order valence-corrected chi connectivity index (χ4v) is 3.14. The number of hydrogen-bond acceptors (Lipinski definition) is 2. The van der Waals surface area contributed by atoms with Crippen molar-refractivity contribution in [2.75, 3.05) is 11.4 Å². The number of nitrogens with zero attached hydrogens (tertiary/aromatic N) is 3. The van der Waals surface area contributed by atoms with E-state index in [-0.39, 0.29) is 11.4 Å². The highest BCUT2D eigenvalue weighted by Crippen LogP contribution is 2.28. The predicted molar refractivity (Wildman–Crippen MR) is 88.4 cm³/mol. The van der Waals surface area contributed by atoms with Crippen LogP contribution in [0.5, 0.6) is 0 Å². The molecule has 1 aromatic carbocycles. The van der Waals surface area contributed by atoms with Gasteiger partial charge in [0.25, 0.3) is 5.91 Å². The van der Waals surface area contributed by atoms with Gasteiger partial charge in [0.2, 0.25) is 0 Å². The van der Waals surface area contributed by atoms with E-state index in [0.29, 0.717) is 5.69 Å². The van der Waals surface area contributed by atoms with Crippen molar-refractivity contribution >= 4 is 11.6 Å². The largest absolute Gasteiger partial charge is 0.307 e. The number of benzene rings is 1. The fraction of sp³-hybridized carbons (Fsp3) is 0.444. The number of para-hydroxylation sites is 1. The molecule has 1 amide bonds. The molecule has 1 aliphatic heterocycles. The second-order valence-corrected chi connectivity index (χ2v) is 6.94. The zero-order valence-corrected chi connectivity index (χ0v) is 13.8. The molecule has 4 heteroatoms. The van der Waals surface area contributed by atoms with Crippen LogP contribution in [0, 0.1) is 6.92 Å². The maximum atomic E-state index is 12.9. The average Bonchev–Trinajstić information content (AvgIpc) is 2.88. The van der Waals surface area contributed by atoms with Gasteiger partial charge in [-0.1, -0.05) is 18.2 Å². The number of amides is 1. The van der Waals surface area contributed by atoms with E-state index < -0.39 is 0 Å². The molecule has 4 nitrogen and oxygen atoms in total. The molecule has 0 unspecified atom stereocenters. The van der Waals surface area contributed by atoms with Crippen LogP contribution in [-0.2, 0) is 12.0 Å². The summed E-state index contributed by atoms with van der Waals surface area (Å²) in [6.07, 6.45) is 2.04. The molecule has 2 heterocycles. The summed E-state index contributed by atoms with van der Waals surface area (Å²) in [7, 11) is 0. The molecule has 3 rings (SSSR count). The summed E-state index contributed by atoms with van der Waals surface area (Å²) in [5, 5.41) is 4.55. The van der Waals surface area contributed by atoms with Crippen LogP contribution in [0.1, 0.15) is 48.9 Å². The summed E-state index contributed by atoms with van der Waals surface area (Å²) in [5.74, 6) is -0.00162. The Hall–Kier alpha value is -2.10. The highest BCUT2D eigenvalue weighted by Gasteiger charge is 2.27. The summed E-state index contributed by atoms with van der Waals surface area (Å²) in [6, 6.07) is 10.0. The number of fused-ring (bicyclic) bond motifs is 1. The zero-order valence-electron chi connectivity index (χ0n) is 13.8. The lowest BCUT2D eigenvalue weighted by Crippen LogP contribution is -2.36. The third kappa shape index (κ3) is 2.54. The highest BCUT2D eigenvalue weighted by atomic mass is 16.2. The molecule has 0 aliphatic carbocycles. The Morgan fingerprint density at radius 2 is 1.95 bits per heavy atom. The minimum atomic E-state index is -0.123. The Balaban J connectivity index is 1.96. The van der Waals surface area contributed by atoms with E-state index in [1.54, 1.807) is 0 Å². The molecular weight excluding hydrogens is 274 g/mol. The van der Waals surface area contributed by atoms with E-state index in [1.165, 1.54) is 5.56 Å². The Labute approximate surface area is 131 Å². The summed E-state index contributed by atoms with van der Waals surface area (Å²) >= 11 is 0. The standard InChI is InChI=1S/C18H23N3O/c1-13-12-15(19-21(13)18(2,3)4)17(22)20-11-7-9-14-8-5-6-10-16(14)20/h5-6,8,10,12H,7,9,11H2,1-4H3. The molecule has 0 spiro atoms. The second-order valence-electron chi connectivity index (χ2n) is 6.94. The van der Waals surface area contributed by atoms with Crippen LogP contribution in [-0.4, -0.2) is 22.2 Å². The first-order chi connectivity index (χ1) is 10.4. The van der Waals surface area contributed by atoms with E-state index in [4.69, 9.17) is 0 Å². The first-order valence-corrected chi connectivity index (χ1v) is 7.85. The van der Waals surface area contributed by atoms with Gasteiger partial charge in [0.1, 0.15) is 0 Å². The van der Waals surface area contributed by atoms with Crippen LogP contribution in [0.4, 0.5) is 5.69 Å². The number of carbonyl (C=O) groups excluding carboxylic acids is 1. The Morgan fingerprint density at radius 3 is 2.64 bits per heavy atom. The smallest absolute Gasteiger partial charge is 0.278 e. The monoisotopic (exact) mass is 297 g/mol. The van der Waals surface area contributed by atoms with Crippen molar-refractivity contribution in [2.24, 2.45) is 0 Å². The van der Waals surface area contributed by atoms with Crippen molar-refractivity contribution in [1.29, 1.82) is 0 Å². The van der Waals surface area contributed by atoms with Crippen LogP contribution >= 0.6 is 0 Å². The molecule has 116 valence electrons. The molecular formula is C18H23N3O. The van der Waals surface area contributed by atoms with E-state index in [0.717, 1.165) is 30.8 Å². The van der Waals surface area contributed by atoms with Crippen LogP contribution in [0.2, 0.25) is 0 Å². The number of aryl methyl sites for hydroxylation is 2. The normalized spacial score (nSPS) is 14.8. The molecule has 0 bridgehead atoms. The molecule has 1 aliphatic rings. The topological polar surface area (TPSA) is 38.1 Å². The number of rotatable bonds is 1. The minimum absolute atomic E-state index is 0.00162. The number of aromatic nitrogens is 2. The first-order valence-electron chi connectivity index (χ1n) is 7.85. The van der Waals surface area contributed by atoms with Crippen molar-refractivity contribution in [3.8, 4) is 0 Å². The van der Waals surface area contributed by atoms with Crippen molar-refractivity contribution in [3.05, 3.63) is 47.3 Å². The first kappa shape index (κ1) is 14.8. The van der Waals surface area contributed by atoms with Gasteiger partial charge in [0, 0.05) is 17.9 Å². The lowest BCUT2D eigenvalue weighted by Gasteiger charge is -2.29. The van der Waals surface area contributed by atoms with Gasteiger partial charge < -0.3 is 4.90 Å². The third-order valence-corrected chi connectivity index (χ3v) is 4.10. The van der Waals surface area contributed by atoms with E-state index >= 15 is 0 Å². The van der Waals surface area contributed by atoms with E-state index in [9.17, 15) is 4.79 Å². The number of carbonyl (C=O) groups is 1. The molecule has 0 radical (unpaired) electrons. The number of anilines is 1. The molecule has 0 atom stereocenters. The van der Waals surface area contributed by atoms with E-state index in [2.05, 4.69) is 31.9 Å². The van der Waals surface area contributed by atoms with Crippen LogP contribution in [0.25, 0.3) is 0 Å². The summed E-state index contributed by atoms with van der Waals surface area (Å²) in [6.45, 7) is 9.04. The lowest BCUT2D eigenvalue weighted by molar-refractivity contribution is 0.0978. The Kier molecular flexibility index (Phi) is 3.55. The molecule has 2 aromatic rings. The van der Waals surface area contributed by atoms with Gasteiger partial charge >= 0.3 is 0 Å². The van der Waals surface area contributed by atoms with Gasteiger partial charge in [0.15, 0.2) is 5.69 Å².